The minimum absolute atomic E-state index is 0.138. The van der Waals surface area contributed by atoms with Crippen LogP contribution >= 0.6 is 0 Å². The maximum absolute atomic E-state index is 13.6. The molecule has 0 heterocycles. The van der Waals surface area contributed by atoms with Crippen LogP contribution in [0.4, 0.5) is 4.39 Å². The van der Waals surface area contributed by atoms with E-state index in [-0.39, 0.29) is 23.4 Å². The number of aliphatic hydroxyl groups excluding tert-OH is 1. The predicted octanol–water partition coefficient (Wildman–Crippen LogP) is 1.17. The highest BCUT2D eigenvalue weighted by atomic mass is 19.1. The van der Waals surface area contributed by atoms with E-state index < -0.39 is 5.91 Å². The van der Waals surface area contributed by atoms with Crippen molar-refractivity contribution in [3.8, 4) is 0 Å². The molecule has 4 N–H and O–H groups in total. The van der Waals surface area contributed by atoms with Crippen molar-refractivity contribution < 1.29 is 14.3 Å². The van der Waals surface area contributed by atoms with Crippen LogP contribution in [0.5, 0.6) is 0 Å². The smallest absolute Gasteiger partial charge is 0.248 e. The summed E-state index contributed by atoms with van der Waals surface area (Å²) in [6.45, 7) is 4.25. The highest BCUT2D eigenvalue weighted by Crippen LogP contribution is 2.40. The molecule has 0 radical (unpaired) electrons. The van der Waals surface area contributed by atoms with Crippen molar-refractivity contribution in [2.75, 3.05) is 0 Å². The molecule has 0 saturated heterocycles. The molecule has 2 atom stereocenters. The Morgan fingerprint density at radius 1 is 1.58 bits per heavy atom. The summed E-state index contributed by atoms with van der Waals surface area (Å²) in [5.41, 5.74) is 5.67. The van der Waals surface area contributed by atoms with Crippen molar-refractivity contribution in [1.29, 1.82) is 0 Å². The van der Waals surface area contributed by atoms with Crippen molar-refractivity contribution in [1.82, 2.24) is 5.32 Å². The Labute approximate surface area is 111 Å². The van der Waals surface area contributed by atoms with Gasteiger partial charge in [-0.15, -0.1) is 0 Å². The van der Waals surface area contributed by atoms with Crippen molar-refractivity contribution >= 4 is 5.91 Å². The van der Waals surface area contributed by atoms with E-state index in [1.165, 1.54) is 18.2 Å². The lowest BCUT2D eigenvalue weighted by Crippen LogP contribution is -2.59. The number of amides is 1. The largest absolute Gasteiger partial charge is 0.392 e. The number of aliphatic hydroxyl groups is 1. The fraction of sp³-hybridized carbons (Fsp3) is 0.500. The standard InChI is InChI=1S/C14H19FN2O2/c1-14(2)11(6-12(14)18)17-7-9-5-8(13(16)19)3-4-10(9)15/h3-5,11-12,17-18H,6-7H2,1-2H3,(H2,16,19). The Kier molecular flexibility index (Phi) is 3.60. The first-order valence-electron chi connectivity index (χ1n) is 6.32. The van der Waals surface area contributed by atoms with Gasteiger partial charge in [-0.2, -0.15) is 0 Å². The zero-order chi connectivity index (χ0) is 14.2. The molecule has 1 aliphatic rings. The van der Waals surface area contributed by atoms with Gasteiger partial charge in [-0.25, -0.2) is 4.39 Å². The third-order valence-corrected chi connectivity index (χ3v) is 4.09. The molecule has 1 aromatic rings. The molecule has 1 saturated carbocycles. The fourth-order valence-electron chi connectivity index (χ4n) is 2.35. The van der Waals surface area contributed by atoms with E-state index >= 15 is 0 Å². The number of carbonyl (C=O) groups excluding carboxylic acids is 1. The van der Waals surface area contributed by atoms with Crippen LogP contribution in [0.3, 0.4) is 0 Å². The van der Waals surface area contributed by atoms with Gasteiger partial charge in [-0.05, 0) is 24.6 Å². The van der Waals surface area contributed by atoms with Gasteiger partial charge in [0, 0.05) is 29.1 Å². The Balaban J connectivity index is 2.04. The Morgan fingerprint density at radius 3 is 2.79 bits per heavy atom. The summed E-state index contributed by atoms with van der Waals surface area (Å²) in [4.78, 5) is 11.1. The van der Waals surface area contributed by atoms with Crippen LogP contribution in [-0.2, 0) is 6.54 Å². The van der Waals surface area contributed by atoms with E-state index in [1.807, 2.05) is 13.8 Å². The van der Waals surface area contributed by atoms with E-state index in [4.69, 9.17) is 5.73 Å². The molecule has 1 aromatic carbocycles. The van der Waals surface area contributed by atoms with Gasteiger partial charge in [0.1, 0.15) is 5.82 Å². The van der Waals surface area contributed by atoms with E-state index in [0.717, 1.165) is 0 Å². The molecule has 1 amide bonds. The fourth-order valence-corrected chi connectivity index (χ4v) is 2.35. The van der Waals surface area contributed by atoms with Crippen molar-refractivity contribution in [3.05, 3.63) is 35.1 Å². The van der Waals surface area contributed by atoms with Crippen LogP contribution in [0.2, 0.25) is 0 Å². The Morgan fingerprint density at radius 2 is 2.26 bits per heavy atom. The molecule has 104 valence electrons. The first-order valence-corrected chi connectivity index (χ1v) is 6.32. The number of primary amides is 1. The predicted molar refractivity (Wildman–Crippen MR) is 70.0 cm³/mol. The molecule has 1 aliphatic carbocycles. The number of nitrogens with one attached hydrogen (secondary N) is 1. The van der Waals surface area contributed by atoms with Crippen LogP contribution in [-0.4, -0.2) is 23.2 Å². The highest BCUT2D eigenvalue weighted by molar-refractivity contribution is 5.92. The van der Waals surface area contributed by atoms with E-state index in [1.54, 1.807) is 0 Å². The van der Waals surface area contributed by atoms with E-state index in [0.29, 0.717) is 24.1 Å². The molecule has 1 fully saturated rings. The summed E-state index contributed by atoms with van der Waals surface area (Å²) in [6, 6.07) is 4.22. The Hall–Kier alpha value is -1.46. The second-order valence-electron chi connectivity index (χ2n) is 5.68. The van der Waals surface area contributed by atoms with Crippen LogP contribution in [0.1, 0.15) is 36.2 Å². The van der Waals surface area contributed by atoms with Gasteiger partial charge in [-0.1, -0.05) is 13.8 Å². The number of carbonyl (C=O) groups is 1. The van der Waals surface area contributed by atoms with Crippen molar-refractivity contribution in [2.45, 2.75) is 39.0 Å². The monoisotopic (exact) mass is 266 g/mol. The molecule has 0 bridgehead atoms. The maximum Gasteiger partial charge on any atom is 0.248 e. The third-order valence-electron chi connectivity index (χ3n) is 4.09. The molecule has 0 spiro atoms. The quantitative estimate of drug-likeness (QED) is 0.766. The van der Waals surface area contributed by atoms with Gasteiger partial charge in [0.2, 0.25) is 5.91 Å². The van der Waals surface area contributed by atoms with Gasteiger partial charge in [0.25, 0.3) is 0 Å². The van der Waals surface area contributed by atoms with Gasteiger partial charge in [0.05, 0.1) is 6.10 Å². The van der Waals surface area contributed by atoms with Gasteiger partial charge in [0.15, 0.2) is 0 Å². The normalized spacial score (nSPS) is 24.8. The van der Waals surface area contributed by atoms with Crippen LogP contribution in [0, 0.1) is 11.2 Å². The number of hydrogen-bond acceptors (Lipinski definition) is 3. The second-order valence-corrected chi connectivity index (χ2v) is 5.68. The highest BCUT2D eigenvalue weighted by Gasteiger charge is 2.46. The summed E-state index contributed by atoms with van der Waals surface area (Å²) >= 11 is 0. The topological polar surface area (TPSA) is 75.3 Å². The summed E-state index contributed by atoms with van der Waals surface area (Å²) in [6.07, 6.45) is 0.330. The minimum Gasteiger partial charge on any atom is -0.392 e. The number of halogens is 1. The molecule has 2 rings (SSSR count). The third kappa shape index (κ3) is 2.62. The zero-order valence-electron chi connectivity index (χ0n) is 11.1. The molecular formula is C14H19FN2O2. The number of benzene rings is 1. The van der Waals surface area contributed by atoms with E-state index in [2.05, 4.69) is 5.32 Å². The van der Waals surface area contributed by atoms with Gasteiger partial charge < -0.3 is 16.2 Å². The van der Waals surface area contributed by atoms with Crippen LogP contribution < -0.4 is 11.1 Å². The molecule has 0 aromatic heterocycles. The molecular weight excluding hydrogens is 247 g/mol. The first kappa shape index (κ1) is 14.0. The summed E-state index contributed by atoms with van der Waals surface area (Å²) < 4.78 is 13.6. The average molecular weight is 266 g/mol. The zero-order valence-corrected chi connectivity index (χ0v) is 11.1. The molecule has 5 heteroatoms. The lowest BCUT2D eigenvalue weighted by molar-refractivity contribution is -0.0730. The van der Waals surface area contributed by atoms with E-state index in [9.17, 15) is 14.3 Å². The lowest BCUT2D eigenvalue weighted by Gasteiger charge is -2.49. The van der Waals surface area contributed by atoms with Crippen molar-refractivity contribution in [3.63, 3.8) is 0 Å². The SMILES string of the molecule is CC1(C)C(O)CC1NCc1cc(C(N)=O)ccc1F. The Bertz CT molecular complexity index is 502. The van der Waals surface area contributed by atoms with Crippen LogP contribution in [0.15, 0.2) is 18.2 Å². The number of hydrogen-bond donors (Lipinski definition) is 3. The number of nitrogens with two attached hydrogens (primary N) is 1. The van der Waals surface area contributed by atoms with Gasteiger partial charge >= 0.3 is 0 Å². The van der Waals surface area contributed by atoms with Gasteiger partial charge in [-0.3, -0.25) is 4.79 Å². The number of rotatable bonds is 4. The minimum atomic E-state index is -0.569. The summed E-state index contributed by atoms with van der Waals surface area (Å²) in [5.74, 6) is -0.934. The van der Waals surface area contributed by atoms with Crippen LogP contribution in [0.25, 0.3) is 0 Å². The lowest BCUT2D eigenvalue weighted by atomic mass is 9.64. The maximum atomic E-state index is 13.6. The molecule has 2 unspecified atom stereocenters. The first-order chi connectivity index (χ1) is 8.82. The molecule has 0 aliphatic heterocycles. The van der Waals surface area contributed by atoms with Crippen molar-refractivity contribution in [2.24, 2.45) is 11.1 Å². The average Bonchev–Trinajstić information content (AvgIpc) is 2.35. The second kappa shape index (κ2) is 4.90. The molecule has 19 heavy (non-hydrogen) atoms. The molecule has 4 nitrogen and oxygen atoms in total. The summed E-state index contributed by atoms with van der Waals surface area (Å²) in [7, 11) is 0. The summed E-state index contributed by atoms with van der Waals surface area (Å²) in [5, 5.41) is 12.9.